The van der Waals surface area contributed by atoms with Gasteiger partial charge < -0.3 is 5.73 Å². The Kier molecular flexibility index (Phi) is 9.77. The maximum Gasteiger partial charge on any atom is 0.394 e. The highest BCUT2D eigenvalue weighted by molar-refractivity contribution is 7.79. The lowest BCUT2D eigenvalue weighted by atomic mass is 10.1. The first-order chi connectivity index (χ1) is 6.79. The molecular formula is C9H18AlNO4S. The fourth-order valence-corrected chi connectivity index (χ4v) is 0.986. The summed E-state index contributed by atoms with van der Waals surface area (Å²) in [7, 11) is -4.67. The Labute approximate surface area is 106 Å². The molecule has 0 aliphatic heterocycles. The maximum atomic E-state index is 8.74. The van der Waals surface area contributed by atoms with Gasteiger partial charge in [-0.15, -0.1) is 0 Å². The van der Waals surface area contributed by atoms with Crippen molar-refractivity contribution in [3.63, 3.8) is 0 Å². The van der Waals surface area contributed by atoms with Crippen molar-refractivity contribution in [2.24, 2.45) is 5.73 Å². The largest absolute Gasteiger partial charge is 0.394 e. The topological polar surface area (TPSA) is 101 Å². The van der Waals surface area contributed by atoms with Crippen LogP contribution >= 0.6 is 0 Å². The number of hydrogen-bond donors (Lipinski definition) is 3. The van der Waals surface area contributed by atoms with Gasteiger partial charge in [0.15, 0.2) is 17.4 Å². The molecule has 0 bridgehead atoms. The lowest BCUT2D eigenvalue weighted by molar-refractivity contribution is 0.381. The minimum absolute atomic E-state index is 0. The second-order valence-corrected chi connectivity index (χ2v) is 4.01. The van der Waals surface area contributed by atoms with Gasteiger partial charge in [-0.1, -0.05) is 30.3 Å². The average Bonchev–Trinajstić information content (AvgIpc) is 2.01. The smallest absolute Gasteiger partial charge is 0.328 e. The Balaban J connectivity index is 0. The van der Waals surface area contributed by atoms with Gasteiger partial charge >= 0.3 is 10.4 Å². The number of nitrogens with two attached hydrogens (primary N) is 1. The van der Waals surface area contributed by atoms with E-state index in [0.29, 0.717) is 0 Å². The van der Waals surface area contributed by atoms with Crippen molar-refractivity contribution in [1.82, 2.24) is 0 Å². The van der Waals surface area contributed by atoms with Crippen molar-refractivity contribution in [2.45, 2.75) is 19.4 Å². The molecule has 0 unspecified atom stereocenters. The molecule has 92 valence electrons. The molecule has 0 spiro atoms. The van der Waals surface area contributed by atoms with Gasteiger partial charge in [0.25, 0.3) is 0 Å². The lowest BCUT2D eigenvalue weighted by Gasteiger charge is -2.02. The number of hydrogen-bond acceptors (Lipinski definition) is 3. The lowest BCUT2D eigenvalue weighted by Crippen LogP contribution is -2.17. The van der Waals surface area contributed by atoms with E-state index in [-0.39, 0.29) is 23.4 Å². The molecule has 0 saturated carbocycles. The highest BCUT2D eigenvalue weighted by Gasteiger charge is 1.94. The monoisotopic (exact) mass is 263 g/mol. The van der Waals surface area contributed by atoms with E-state index in [2.05, 4.69) is 12.1 Å². The molecule has 0 fully saturated rings. The van der Waals surface area contributed by atoms with Crippen LogP contribution in [0.5, 0.6) is 0 Å². The first kappa shape index (κ1) is 18.0. The van der Waals surface area contributed by atoms with Crippen LogP contribution in [0.25, 0.3) is 0 Å². The minimum Gasteiger partial charge on any atom is -0.328 e. The number of benzene rings is 1. The molecule has 4 N–H and O–H groups in total. The zero-order chi connectivity index (χ0) is 11.9. The van der Waals surface area contributed by atoms with Crippen LogP contribution in [0.1, 0.15) is 12.5 Å². The third kappa shape index (κ3) is 16.0. The first-order valence-corrected chi connectivity index (χ1v) is 5.68. The maximum absolute atomic E-state index is 8.74. The van der Waals surface area contributed by atoms with Crippen LogP contribution in [-0.2, 0) is 16.8 Å². The fourth-order valence-electron chi connectivity index (χ4n) is 0.986. The van der Waals surface area contributed by atoms with Crippen molar-refractivity contribution in [2.75, 3.05) is 0 Å². The summed E-state index contributed by atoms with van der Waals surface area (Å²) in [5.74, 6) is 0. The Morgan fingerprint density at radius 1 is 1.25 bits per heavy atom. The van der Waals surface area contributed by atoms with Crippen LogP contribution in [-0.4, -0.2) is 40.9 Å². The van der Waals surface area contributed by atoms with Crippen LogP contribution in [0.15, 0.2) is 30.3 Å². The average molecular weight is 263 g/mol. The second kappa shape index (κ2) is 8.70. The predicted molar refractivity (Wildman–Crippen MR) is 67.9 cm³/mol. The van der Waals surface area contributed by atoms with Crippen molar-refractivity contribution in [3.05, 3.63) is 35.9 Å². The van der Waals surface area contributed by atoms with E-state index < -0.39 is 10.4 Å². The van der Waals surface area contributed by atoms with E-state index in [1.807, 2.05) is 25.1 Å². The van der Waals surface area contributed by atoms with Gasteiger partial charge in [-0.05, 0) is 18.9 Å². The van der Waals surface area contributed by atoms with Gasteiger partial charge in [-0.2, -0.15) is 8.42 Å². The van der Waals surface area contributed by atoms with Crippen LogP contribution < -0.4 is 5.73 Å². The molecule has 1 rings (SSSR count). The van der Waals surface area contributed by atoms with E-state index in [1.54, 1.807) is 0 Å². The minimum atomic E-state index is -4.67. The van der Waals surface area contributed by atoms with Crippen LogP contribution in [0.2, 0.25) is 0 Å². The molecule has 7 heteroatoms. The standard InChI is InChI=1S/C9H13N.Al.H2O4S.3H/c1-8(10)7-9-5-3-2-4-6-9;;1-5(2,3)4;;;/h2-6,8H,7,10H2,1H3;;(H2,1,2,3,4);;;/t8-;;;;;/m0...../s1. The zero-order valence-corrected chi connectivity index (χ0v) is 9.18. The molecule has 0 amide bonds. The molecule has 5 nitrogen and oxygen atoms in total. The highest BCUT2D eigenvalue weighted by Crippen LogP contribution is 2.00. The van der Waals surface area contributed by atoms with Gasteiger partial charge in [-0.3, -0.25) is 9.11 Å². The molecule has 0 aliphatic carbocycles. The normalized spacial score (nSPS) is 11.8. The van der Waals surface area contributed by atoms with Crippen LogP contribution in [0.4, 0.5) is 0 Å². The third-order valence-electron chi connectivity index (χ3n) is 1.40. The summed E-state index contributed by atoms with van der Waals surface area (Å²) < 4.78 is 31.6. The molecule has 0 radical (unpaired) electrons. The van der Waals surface area contributed by atoms with Crippen molar-refractivity contribution in [3.8, 4) is 0 Å². The summed E-state index contributed by atoms with van der Waals surface area (Å²) in [5.41, 5.74) is 6.94. The zero-order valence-electron chi connectivity index (χ0n) is 8.37. The van der Waals surface area contributed by atoms with Gasteiger partial charge in [-0.25, -0.2) is 0 Å². The van der Waals surface area contributed by atoms with Gasteiger partial charge in [0.1, 0.15) is 0 Å². The van der Waals surface area contributed by atoms with Gasteiger partial charge in [0.05, 0.1) is 0 Å². The molecule has 1 aromatic rings. The SMILES string of the molecule is C[C@H](N)Cc1ccccc1.O=S(=O)(O)O.[AlH3]. The summed E-state index contributed by atoms with van der Waals surface area (Å²) in [5, 5.41) is 0. The molecule has 1 atom stereocenters. The van der Waals surface area contributed by atoms with Crippen molar-refractivity contribution >= 4 is 27.8 Å². The van der Waals surface area contributed by atoms with Crippen LogP contribution in [0.3, 0.4) is 0 Å². The molecule has 16 heavy (non-hydrogen) atoms. The molecule has 1 aromatic carbocycles. The molecule has 0 aromatic heterocycles. The summed E-state index contributed by atoms with van der Waals surface area (Å²) in [6.45, 7) is 2.02. The molecular weight excluding hydrogens is 245 g/mol. The first-order valence-electron chi connectivity index (χ1n) is 4.28. The summed E-state index contributed by atoms with van der Waals surface area (Å²) >= 11 is 0. The van der Waals surface area contributed by atoms with E-state index in [4.69, 9.17) is 23.3 Å². The Bertz CT molecular complexity index is 358. The second-order valence-electron chi connectivity index (χ2n) is 3.11. The fraction of sp³-hybridized carbons (Fsp3) is 0.333. The quantitative estimate of drug-likeness (QED) is 0.504. The highest BCUT2D eigenvalue weighted by atomic mass is 32.3. The summed E-state index contributed by atoms with van der Waals surface area (Å²) in [6.07, 6.45) is 0.973. The Hall–Kier alpha value is -0.418. The Morgan fingerprint density at radius 3 is 1.94 bits per heavy atom. The summed E-state index contributed by atoms with van der Waals surface area (Å²) in [6, 6.07) is 10.6. The van der Waals surface area contributed by atoms with Gasteiger partial charge in [0, 0.05) is 6.04 Å². The van der Waals surface area contributed by atoms with E-state index in [0.717, 1.165) is 6.42 Å². The van der Waals surface area contributed by atoms with E-state index in [1.165, 1.54) is 5.56 Å². The molecule has 0 saturated heterocycles. The van der Waals surface area contributed by atoms with E-state index >= 15 is 0 Å². The molecule has 0 heterocycles. The number of rotatable bonds is 2. The van der Waals surface area contributed by atoms with Gasteiger partial charge in [0.2, 0.25) is 0 Å². The third-order valence-corrected chi connectivity index (χ3v) is 1.40. The molecule has 0 aliphatic rings. The Morgan fingerprint density at radius 2 is 1.62 bits per heavy atom. The van der Waals surface area contributed by atoms with Crippen molar-refractivity contribution in [1.29, 1.82) is 0 Å². The predicted octanol–water partition coefficient (Wildman–Crippen LogP) is -0.260. The van der Waals surface area contributed by atoms with Crippen LogP contribution in [0, 0.1) is 0 Å². The summed E-state index contributed by atoms with van der Waals surface area (Å²) in [4.78, 5) is 0. The van der Waals surface area contributed by atoms with Crippen molar-refractivity contribution < 1.29 is 17.5 Å². The van der Waals surface area contributed by atoms with E-state index in [9.17, 15) is 0 Å².